The highest BCUT2D eigenvalue weighted by Gasteiger charge is 2.14. The van der Waals surface area contributed by atoms with Crippen LogP contribution in [0, 0.1) is 0 Å². The Labute approximate surface area is 113 Å². The molecule has 1 aromatic rings. The topological polar surface area (TPSA) is 105 Å². The molecule has 100 valence electrons. The molecular weight excluding hydrogens is 274 g/mol. The number of hydrogen-bond acceptors (Lipinski definition) is 6. The molecule has 0 unspecified atom stereocenters. The number of thiazole rings is 1. The van der Waals surface area contributed by atoms with Crippen LogP contribution in [0.4, 0.5) is 0 Å². The van der Waals surface area contributed by atoms with Crippen LogP contribution >= 0.6 is 23.1 Å². The predicted molar refractivity (Wildman–Crippen MR) is 71.9 cm³/mol. The van der Waals surface area contributed by atoms with Crippen LogP contribution in [0.5, 0.6) is 0 Å². The molecule has 1 rings (SSSR count). The van der Waals surface area contributed by atoms with E-state index < -0.39 is 12.0 Å². The number of nitrogens with two attached hydrogens (primary N) is 1. The molecule has 0 radical (unpaired) electrons. The molecule has 8 heteroatoms. The van der Waals surface area contributed by atoms with Crippen molar-refractivity contribution in [3.8, 4) is 0 Å². The Morgan fingerprint density at radius 1 is 1.67 bits per heavy atom. The van der Waals surface area contributed by atoms with Crippen LogP contribution in [0.2, 0.25) is 0 Å². The zero-order valence-electron chi connectivity index (χ0n) is 9.88. The minimum absolute atomic E-state index is 0.00377. The second-order valence-electron chi connectivity index (χ2n) is 3.54. The first kappa shape index (κ1) is 14.9. The van der Waals surface area contributed by atoms with E-state index in [4.69, 9.17) is 10.8 Å². The maximum absolute atomic E-state index is 11.6. The monoisotopic (exact) mass is 289 g/mol. The van der Waals surface area contributed by atoms with E-state index in [9.17, 15) is 9.59 Å². The highest BCUT2D eigenvalue weighted by atomic mass is 32.2. The van der Waals surface area contributed by atoms with Gasteiger partial charge in [0, 0.05) is 5.38 Å². The number of nitrogens with one attached hydrogen (secondary N) is 1. The first-order valence-electron chi connectivity index (χ1n) is 5.24. The van der Waals surface area contributed by atoms with Crippen molar-refractivity contribution in [3.05, 3.63) is 16.1 Å². The first-order valence-corrected chi connectivity index (χ1v) is 7.52. The van der Waals surface area contributed by atoms with Gasteiger partial charge in [-0.1, -0.05) is 0 Å². The van der Waals surface area contributed by atoms with Gasteiger partial charge in [-0.2, -0.15) is 11.8 Å². The number of amides is 1. The normalized spacial score (nSPS) is 12.1. The second kappa shape index (κ2) is 7.34. The van der Waals surface area contributed by atoms with Crippen LogP contribution in [-0.4, -0.2) is 40.0 Å². The third-order valence-electron chi connectivity index (χ3n) is 2.15. The molecule has 0 aliphatic rings. The SMILES string of the molecule is CSCC[C@H](N)C(=O)NCc1nc(C(=O)O)cs1. The van der Waals surface area contributed by atoms with Crippen LogP contribution in [0.25, 0.3) is 0 Å². The van der Waals surface area contributed by atoms with Gasteiger partial charge in [0.25, 0.3) is 0 Å². The summed E-state index contributed by atoms with van der Waals surface area (Å²) in [5, 5.41) is 13.3. The molecule has 1 amide bonds. The van der Waals surface area contributed by atoms with Gasteiger partial charge in [-0.05, 0) is 18.4 Å². The van der Waals surface area contributed by atoms with E-state index >= 15 is 0 Å². The van der Waals surface area contributed by atoms with E-state index in [0.29, 0.717) is 11.4 Å². The molecule has 1 aromatic heterocycles. The Kier molecular flexibility index (Phi) is 6.10. The smallest absolute Gasteiger partial charge is 0.355 e. The summed E-state index contributed by atoms with van der Waals surface area (Å²) in [6.07, 6.45) is 2.57. The number of thioether (sulfide) groups is 1. The lowest BCUT2D eigenvalue weighted by atomic mass is 10.2. The van der Waals surface area contributed by atoms with Gasteiger partial charge < -0.3 is 16.2 Å². The standard InChI is InChI=1S/C10H15N3O3S2/c1-17-3-2-6(11)9(14)12-4-8-13-7(5-18-8)10(15)16/h5-6H,2-4,11H2,1H3,(H,12,14)(H,15,16)/t6-/m0/s1. The third kappa shape index (κ3) is 4.63. The highest BCUT2D eigenvalue weighted by molar-refractivity contribution is 7.98. The molecule has 0 spiro atoms. The van der Waals surface area contributed by atoms with E-state index in [1.54, 1.807) is 11.8 Å². The summed E-state index contributed by atoms with van der Waals surface area (Å²) < 4.78 is 0. The van der Waals surface area contributed by atoms with E-state index in [1.807, 2.05) is 6.26 Å². The second-order valence-corrected chi connectivity index (χ2v) is 5.47. The number of carboxylic acids is 1. The Morgan fingerprint density at radius 3 is 2.94 bits per heavy atom. The average molecular weight is 289 g/mol. The molecule has 1 atom stereocenters. The lowest BCUT2D eigenvalue weighted by Crippen LogP contribution is -2.40. The molecule has 1 heterocycles. The van der Waals surface area contributed by atoms with E-state index in [-0.39, 0.29) is 18.1 Å². The molecule has 18 heavy (non-hydrogen) atoms. The molecule has 0 fully saturated rings. The number of rotatable bonds is 7. The van der Waals surface area contributed by atoms with Gasteiger partial charge in [0.05, 0.1) is 12.6 Å². The average Bonchev–Trinajstić information content (AvgIpc) is 2.81. The van der Waals surface area contributed by atoms with Gasteiger partial charge >= 0.3 is 5.97 Å². The summed E-state index contributed by atoms with van der Waals surface area (Å²) in [6.45, 7) is 0.212. The minimum atomic E-state index is -1.07. The van der Waals surface area contributed by atoms with Crippen molar-refractivity contribution in [3.63, 3.8) is 0 Å². The number of aromatic nitrogens is 1. The van der Waals surface area contributed by atoms with Gasteiger partial charge in [0.1, 0.15) is 5.01 Å². The zero-order valence-corrected chi connectivity index (χ0v) is 11.5. The summed E-state index contributed by atoms with van der Waals surface area (Å²) >= 11 is 2.83. The molecule has 0 saturated heterocycles. The molecule has 0 aliphatic carbocycles. The first-order chi connectivity index (χ1) is 8.54. The maximum Gasteiger partial charge on any atom is 0.355 e. The van der Waals surface area contributed by atoms with Crippen molar-refractivity contribution in [1.29, 1.82) is 0 Å². The Morgan fingerprint density at radius 2 is 2.39 bits per heavy atom. The van der Waals surface area contributed by atoms with Crippen LogP contribution in [0.15, 0.2) is 5.38 Å². The number of carboxylic acid groups (broad SMARTS) is 1. The van der Waals surface area contributed by atoms with Gasteiger partial charge in [0.15, 0.2) is 5.69 Å². The minimum Gasteiger partial charge on any atom is -0.476 e. The molecule has 4 N–H and O–H groups in total. The van der Waals surface area contributed by atoms with Gasteiger partial charge in [-0.3, -0.25) is 4.79 Å². The summed E-state index contributed by atoms with van der Waals surface area (Å²) in [6, 6.07) is -0.531. The van der Waals surface area contributed by atoms with Crippen molar-refractivity contribution in [1.82, 2.24) is 10.3 Å². The fourth-order valence-corrected chi connectivity index (χ4v) is 2.36. The molecular formula is C10H15N3O3S2. The van der Waals surface area contributed by atoms with Crippen molar-refractivity contribution in [2.24, 2.45) is 5.73 Å². The molecule has 6 nitrogen and oxygen atoms in total. The van der Waals surface area contributed by atoms with Gasteiger partial charge in [0.2, 0.25) is 5.91 Å². The van der Waals surface area contributed by atoms with Crippen LogP contribution in [0.3, 0.4) is 0 Å². The number of nitrogens with zero attached hydrogens (tertiary/aromatic N) is 1. The number of carbonyl (C=O) groups excluding carboxylic acids is 1. The predicted octanol–water partition coefficient (Wildman–Crippen LogP) is 0.538. The molecule has 0 aliphatic heterocycles. The summed E-state index contributed by atoms with van der Waals surface area (Å²) in [4.78, 5) is 26.1. The lowest BCUT2D eigenvalue weighted by molar-refractivity contribution is -0.122. The molecule has 0 saturated carbocycles. The Balaban J connectivity index is 2.39. The van der Waals surface area contributed by atoms with Crippen LogP contribution in [0.1, 0.15) is 21.9 Å². The van der Waals surface area contributed by atoms with Gasteiger partial charge in [-0.15, -0.1) is 11.3 Å². The number of aromatic carboxylic acids is 1. The van der Waals surface area contributed by atoms with Crippen molar-refractivity contribution < 1.29 is 14.7 Å². The number of carbonyl (C=O) groups is 2. The largest absolute Gasteiger partial charge is 0.476 e. The fourth-order valence-electron chi connectivity index (χ4n) is 1.16. The summed E-state index contributed by atoms with van der Waals surface area (Å²) in [5.41, 5.74) is 5.68. The maximum atomic E-state index is 11.6. The molecule has 0 aromatic carbocycles. The van der Waals surface area contributed by atoms with E-state index in [2.05, 4.69) is 10.3 Å². The van der Waals surface area contributed by atoms with Crippen LogP contribution in [-0.2, 0) is 11.3 Å². The molecule has 0 bridgehead atoms. The van der Waals surface area contributed by atoms with E-state index in [1.165, 1.54) is 16.7 Å². The quantitative estimate of drug-likeness (QED) is 0.676. The summed E-state index contributed by atoms with van der Waals surface area (Å²) in [7, 11) is 0. The van der Waals surface area contributed by atoms with Crippen LogP contribution < -0.4 is 11.1 Å². The fraction of sp³-hybridized carbons (Fsp3) is 0.500. The van der Waals surface area contributed by atoms with Crippen molar-refractivity contribution >= 4 is 35.0 Å². The van der Waals surface area contributed by atoms with Crippen molar-refractivity contribution in [2.75, 3.05) is 12.0 Å². The Hall–Kier alpha value is -1.12. The Bertz CT molecular complexity index is 422. The lowest BCUT2D eigenvalue weighted by Gasteiger charge is -2.10. The summed E-state index contributed by atoms with van der Waals surface area (Å²) in [5.74, 6) is -0.480. The third-order valence-corrected chi connectivity index (χ3v) is 3.65. The van der Waals surface area contributed by atoms with Gasteiger partial charge in [-0.25, -0.2) is 9.78 Å². The number of hydrogen-bond donors (Lipinski definition) is 3. The van der Waals surface area contributed by atoms with E-state index in [0.717, 1.165) is 5.75 Å². The zero-order chi connectivity index (χ0) is 13.5. The highest BCUT2D eigenvalue weighted by Crippen LogP contribution is 2.09. The van der Waals surface area contributed by atoms with Crippen molar-refractivity contribution in [2.45, 2.75) is 19.0 Å².